The van der Waals surface area contributed by atoms with E-state index in [1.54, 1.807) is 37.3 Å². The third-order valence-corrected chi connectivity index (χ3v) is 6.34. The first-order valence-corrected chi connectivity index (χ1v) is 10.4. The zero-order valence-corrected chi connectivity index (χ0v) is 17.3. The molecule has 0 aliphatic carbocycles. The number of anilines is 1. The predicted octanol–water partition coefficient (Wildman–Crippen LogP) is 3.74. The maximum absolute atomic E-state index is 13.5. The molecular weight excluding hydrogens is 412 g/mol. The van der Waals surface area contributed by atoms with E-state index in [9.17, 15) is 14.4 Å². The summed E-state index contributed by atoms with van der Waals surface area (Å²) >= 11 is 7.14. The van der Waals surface area contributed by atoms with Gasteiger partial charge in [0, 0.05) is 21.9 Å². The van der Waals surface area contributed by atoms with Crippen LogP contribution in [0.1, 0.15) is 28.4 Å². The molecular formula is C21H17ClN2O4S. The van der Waals surface area contributed by atoms with Crippen molar-refractivity contribution in [1.29, 1.82) is 0 Å². The van der Waals surface area contributed by atoms with Gasteiger partial charge in [0.25, 0.3) is 11.8 Å². The minimum absolute atomic E-state index is 0.193. The zero-order valence-electron chi connectivity index (χ0n) is 15.8. The number of nitrogens with zero attached hydrogens (tertiary/aromatic N) is 2. The quantitative estimate of drug-likeness (QED) is 0.549. The highest BCUT2D eigenvalue weighted by molar-refractivity contribution is 8.02. The SMILES string of the molecule is CCOC(=O)C1=NC2(SC1)C(=O)N(C(=O)c1ccc(Cl)cc1)c1ccc(C)cc12. The average molecular weight is 429 g/mol. The van der Waals surface area contributed by atoms with Crippen LogP contribution in [-0.4, -0.2) is 35.9 Å². The smallest absolute Gasteiger partial charge is 0.353 e. The summed E-state index contributed by atoms with van der Waals surface area (Å²) < 4.78 is 5.04. The minimum Gasteiger partial charge on any atom is -0.461 e. The Bertz CT molecular complexity index is 1070. The van der Waals surface area contributed by atoms with Crippen molar-refractivity contribution in [3.63, 3.8) is 0 Å². The zero-order chi connectivity index (χ0) is 20.8. The molecule has 8 heteroatoms. The number of hydrogen-bond donors (Lipinski definition) is 0. The lowest BCUT2D eigenvalue weighted by molar-refractivity contribution is -0.135. The summed E-state index contributed by atoms with van der Waals surface area (Å²) in [6, 6.07) is 11.8. The van der Waals surface area contributed by atoms with Gasteiger partial charge in [-0.05, 0) is 44.2 Å². The second-order valence-electron chi connectivity index (χ2n) is 6.68. The van der Waals surface area contributed by atoms with Crippen LogP contribution in [0, 0.1) is 6.92 Å². The predicted molar refractivity (Wildman–Crippen MR) is 113 cm³/mol. The van der Waals surface area contributed by atoms with Crippen LogP contribution < -0.4 is 4.90 Å². The summed E-state index contributed by atoms with van der Waals surface area (Å²) in [5, 5.41) is 0.497. The standard InChI is InChI=1S/C21H17ClN2O4S/c1-3-28-19(26)16-11-29-21(23-16)15-10-12(2)4-9-17(15)24(20(21)27)18(25)13-5-7-14(22)8-6-13/h4-10H,3,11H2,1-2H3. The summed E-state index contributed by atoms with van der Waals surface area (Å²) in [6.45, 7) is 3.83. The second kappa shape index (κ2) is 7.31. The van der Waals surface area contributed by atoms with Crippen molar-refractivity contribution in [1.82, 2.24) is 0 Å². The van der Waals surface area contributed by atoms with Crippen molar-refractivity contribution in [2.75, 3.05) is 17.3 Å². The molecule has 148 valence electrons. The molecule has 1 atom stereocenters. The van der Waals surface area contributed by atoms with E-state index >= 15 is 0 Å². The number of aliphatic imine (C=N–C) groups is 1. The van der Waals surface area contributed by atoms with Gasteiger partial charge in [0.2, 0.25) is 4.87 Å². The summed E-state index contributed by atoms with van der Waals surface area (Å²) in [5.41, 5.74) is 2.54. The van der Waals surface area contributed by atoms with E-state index in [1.807, 2.05) is 19.1 Å². The van der Waals surface area contributed by atoms with Crippen molar-refractivity contribution in [3.8, 4) is 0 Å². The van der Waals surface area contributed by atoms with E-state index in [0.717, 1.165) is 10.5 Å². The van der Waals surface area contributed by atoms with Crippen LogP contribution in [0.15, 0.2) is 47.5 Å². The molecule has 4 rings (SSSR count). The van der Waals surface area contributed by atoms with Gasteiger partial charge in [-0.25, -0.2) is 14.7 Å². The highest BCUT2D eigenvalue weighted by Gasteiger charge is 2.56. The Balaban J connectivity index is 1.81. The van der Waals surface area contributed by atoms with Crippen LogP contribution in [-0.2, 0) is 19.2 Å². The number of benzene rings is 2. The number of halogens is 1. The molecule has 1 unspecified atom stereocenters. The fraction of sp³-hybridized carbons (Fsp3) is 0.238. The van der Waals surface area contributed by atoms with E-state index < -0.39 is 22.7 Å². The average Bonchev–Trinajstić information content (AvgIpc) is 3.25. The van der Waals surface area contributed by atoms with Gasteiger partial charge in [-0.15, -0.1) is 11.8 Å². The monoisotopic (exact) mass is 428 g/mol. The van der Waals surface area contributed by atoms with E-state index in [2.05, 4.69) is 4.99 Å². The number of esters is 1. The summed E-state index contributed by atoms with van der Waals surface area (Å²) in [5.74, 6) is -1.25. The molecule has 2 aromatic carbocycles. The Morgan fingerprint density at radius 3 is 2.66 bits per heavy atom. The number of ether oxygens (including phenoxy) is 1. The Kier molecular flexibility index (Phi) is 4.96. The van der Waals surface area contributed by atoms with Crippen molar-refractivity contribution >= 4 is 52.5 Å². The third-order valence-electron chi connectivity index (χ3n) is 4.77. The fourth-order valence-electron chi connectivity index (χ4n) is 3.41. The molecule has 2 aliphatic rings. The molecule has 2 heterocycles. The number of thioether (sulfide) groups is 1. The molecule has 2 aromatic rings. The number of carbonyl (C=O) groups excluding carboxylic acids is 3. The van der Waals surface area contributed by atoms with Gasteiger partial charge in [-0.1, -0.05) is 29.3 Å². The van der Waals surface area contributed by atoms with Gasteiger partial charge < -0.3 is 4.74 Å². The van der Waals surface area contributed by atoms with Crippen LogP contribution in [0.3, 0.4) is 0 Å². The number of rotatable bonds is 3. The Morgan fingerprint density at radius 2 is 1.97 bits per heavy atom. The van der Waals surface area contributed by atoms with Crippen molar-refractivity contribution in [3.05, 3.63) is 64.2 Å². The highest BCUT2D eigenvalue weighted by Crippen LogP contribution is 2.53. The molecule has 29 heavy (non-hydrogen) atoms. The molecule has 2 amide bonds. The Morgan fingerprint density at radius 1 is 1.24 bits per heavy atom. The van der Waals surface area contributed by atoms with Gasteiger partial charge in [0.05, 0.1) is 12.3 Å². The number of fused-ring (bicyclic) bond motifs is 2. The van der Waals surface area contributed by atoms with Crippen LogP contribution >= 0.6 is 23.4 Å². The minimum atomic E-state index is -1.36. The molecule has 1 spiro atoms. The molecule has 0 aromatic heterocycles. The van der Waals surface area contributed by atoms with Crippen LogP contribution in [0.25, 0.3) is 0 Å². The molecule has 0 N–H and O–H groups in total. The number of imide groups is 1. The number of amides is 2. The maximum Gasteiger partial charge on any atom is 0.353 e. The number of hydrogen-bond acceptors (Lipinski definition) is 6. The lowest BCUT2D eigenvalue weighted by atomic mass is 10.1. The largest absolute Gasteiger partial charge is 0.461 e. The van der Waals surface area contributed by atoms with Crippen LogP contribution in [0.4, 0.5) is 5.69 Å². The van der Waals surface area contributed by atoms with Gasteiger partial charge in [-0.2, -0.15) is 0 Å². The first-order chi connectivity index (χ1) is 13.9. The number of carbonyl (C=O) groups is 3. The topological polar surface area (TPSA) is 76.0 Å². The first-order valence-electron chi connectivity index (χ1n) is 9.03. The molecule has 0 bridgehead atoms. The summed E-state index contributed by atoms with van der Waals surface area (Å²) in [4.78, 5) is 43.1. The lowest BCUT2D eigenvalue weighted by Gasteiger charge is -2.19. The lowest BCUT2D eigenvalue weighted by Crippen LogP contribution is -2.40. The third kappa shape index (κ3) is 3.14. The molecule has 6 nitrogen and oxygen atoms in total. The van der Waals surface area contributed by atoms with E-state index in [4.69, 9.17) is 16.3 Å². The van der Waals surface area contributed by atoms with Gasteiger partial charge in [-0.3, -0.25) is 9.59 Å². The first kappa shape index (κ1) is 19.7. The van der Waals surface area contributed by atoms with Gasteiger partial charge in [0.1, 0.15) is 5.71 Å². The van der Waals surface area contributed by atoms with E-state index in [0.29, 0.717) is 21.8 Å². The molecule has 0 saturated carbocycles. The van der Waals surface area contributed by atoms with Crippen LogP contribution in [0.5, 0.6) is 0 Å². The highest BCUT2D eigenvalue weighted by atomic mass is 35.5. The van der Waals surface area contributed by atoms with Crippen molar-refractivity contribution in [2.24, 2.45) is 4.99 Å². The molecule has 0 radical (unpaired) electrons. The Labute approximate surface area is 176 Å². The summed E-state index contributed by atoms with van der Waals surface area (Å²) in [6.07, 6.45) is 0. The molecule has 0 saturated heterocycles. The molecule has 2 aliphatic heterocycles. The van der Waals surface area contributed by atoms with Gasteiger partial charge >= 0.3 is 5.97 Å². The van der Waals surface area contributed by atoms with Crippen molar-refractivity contribution < 1.29 is 19.1 Å². The van der Waals surface area contributed by atoms with E-state index in [-0.39, 0.29) is 18.1 Å². The van der Waals surface area contributed by atoms with Gasteiger partial charge in [0.15, 0.2) is 0 Å². The normalized spacial score (nSPS) is 20.0. The summed E-state index contributed by atoms with van der Waals surface area (Å²) in [7, 11) is 0. The van der Waals surface area contributed by atoms with Crippen molar-refractivity contribution in [2.45, 2.75) is 18.7 Å². The Hall–Kier alpha value is -2.64. The fourth-order valence-corrected chi connectivity index (χ4v) is 4.77. The van der Waals surface area contributed by atoms with Crippen LogP contribution in [0.2, 0.25) is 5.02 Å². The number of aryl methyl sites for hydroxylation is 1. The second-order valence-corrected chi connectivity index (χ2v) is 8.29. The molecule has 0 fully saturated rings. The van der Waals surface area contributed by atoms with E-state index in [1.165, 1.54) is 11.8 Å². The maximum atomic E-state index is 13.5.